The van der Waals surface area contributed by atoms with Crippen molar-refractivity contribution in [2.45, 2.75) is 24.9 Å². The Kier molecular flexibility index (Phi) is 5.11. The van der Waals surface area contributed by atoms with Crippen molar-refractivity contribution in [1.29, 1.82) is 0 Å². The van der Waals surface area contributed by atoms with Crippen molar-refractivity contribution in [3.8, 4) is 17.1 Å². The summed E-state index contributed by atoms with van der Waals surface area (Å²) in [5, 5.41) is 0. The molecule has 1 fully saturated rings. The van der Waals surface area contributed by atoms with E-state index in [0.717, 1.165) is 23.2 Å². The van der Waals surface area contributed by atoms with Crippen molar-refractivity contribution in [3.05, 3.63) is 71.8 Å². The number of likely N-dealkylation sites (tertiary alicyclic amines) is 1. The van der Waals surface area contributed by atoms with Gasteiger partial charge in [0, 0.05) is 31.0 Å². The Morgan fingerprint density at radius 2 is 1.94 bits per heavy atom. The summed E-state index contributed by atoms with van der Waals surface area (Å²) in [6, 6.07) is 11.7. The number of ether oxygens (including phenoxy) is 2. The number of hydrogen-bond acceptors (Lipinski definition) is 6. The molecule has 0 unspecified atom stereocenters. The number of amides is 1. The van der Waals surface area contributed by atoms with E-state index in [1.807, 2.05) is 41.4 Å². The van der Waals surface area contributed by atoms with Crippen LogP contribution in [-0.4, -0.2) is 52.6 Å². The summed E-state index contributed by atoms with van der Waals surface area (Å²) in [5.41, 5.74) is 3.16. The zero-order chi connectivity index (χ0) is 21.3. The number of carbonyl (C=O) groups excluding carboxylic acids is 1. The molecule has 0 N–H and O–H groups in total. The predicted octanol–water partition coefficient (Wildman–Crippen LogP) is 3.25. The van der Waals surface area contributed by atoms with Crippen molar-refractivity contribution >= 4 is 5.91 Å². The Hall–Kier alpha value is -3.32. The van der Waals surface area contributed by atoms with Crippen molar-refractivity contribution in [1.82, 2.24) is 19.9 Å². The summed E-state index contributed by atoms with van der Waals surface area (Å²) in [4.78, 5) is 28.5. The third-order valence-corrected chi connectivity index (χ3v) is 6.17. The first-order valence-electron chi connectivity index (χ1n) is 10.5. The minimum Gasteiger partial charge on any atom is -0.494 e. The molecular weight excluding hydrogens is 392 g/mol. The monoisotopic (exact) mass is 416 g/mol. The Morgan fingerprint density at radius 3 is 2.71 bits per heavy atom. The van der Waals surface area contributed by atoms with E-state index >= 15 is 0 Å². The molecule has 0 radical (unpaired) electrons. The van der Waals surface area contributed by atoms with Gasteiger partial charge in [0.15, 0.2) is 5.82 Å². The molecule has 158 valence electrons. The van der Waals surface area contributed by atoms with Crippen LogP contribution in [0.2, 0.25) is 0 Å². The summed E-state index contributed by atoms with van der Waals surface area (Å²) in [6.45, 7) is 1.83. The fourth-order valence-corrected chi connectivity index (χ4v) is 4.48. The molecule has 2 aromatic heterocycles. The van der Waals surface area contributed by atoms with Crippen LogP contribution in [0.5, 0.6) is 5.75 Å². The van der Waals surface area contributed by atoms with Crippen LogP contribution in [0.15, 0.2) is 55.0 Å². The van der Waals surface area contributed by atoms with Crippen LogP contribution < -0.4 is 4.74 Å². The molecule has 0 atom stereocenters. The number of benzene rings is 1. The van der Waals surface area contributed by atoms with Gasteiger partial charge < -0.3 is 14.4 Å². The number of pyridine rings is 1. The molecule has 1 aromatic carbocycles. The van der Waals surface area contributed by atoms with E-state index in [1.165, 1.54) is 0 Å². The largest absolute Gasteiger partial charge is 0.494 e. The molecule has 4 heterocycles. The molecule has 31 heavy (non-hydrogen) atoms. The molecule has 0 saturated carbocycles. The first-order valence-corrected chi connectivity index (χ1v) is 10.5. The van der Waals surface area contributed by atoms with E-state index in [2.05, 4.69) is 9.97 Å². The second-order valence-corrected chi connectivity index (χ2v) is 7.89. The highest BCUT2D eigenvalue weighted by Crippen LogP contribution is 2.41. The quantitative estimate of drug-likeness (QED) is 0.652. The lowest BCUT2D eigenvalue weighted by Gasteiger charge is -2.44. The molecular formula is C24H24N4O3. The SMILES string of the molecule is COc1cnccc1C(=O)N1CCC2(CC1)OCCc1cnc(-c3ccccc3)nc12. The highest BCUT2D eigenvalue weighted by Gasteiger charge is 2.43. The Balaban J connectivity index is 1.40. The van der Waals surface area contributed by atoms with Crippen LogP contribution >= 0.6 is 0 Å². The van der Waals surface area contributed by atoms with Gasteiger partial charge in [0.25, 0.3) is 5.91 Å². The fourth-order valence-electron chi connectivity index (χ4n) is 4.48. The maximum atomic E-state index is 13.1. The van der Waals surface area contributed by atoms with E-state index < -0.39 is 5.60 Å². The van der Waals surface area contributed by atoms with Gasteiger partial charge in [0.05, 0.1) is 31.2 Å². The molecule has 1 spiro atoms. The van der Waals surface area contributed by atoms with E-state index in [-0.39, 0.29) is 5.91 Å². The zero-order valence-electron chi connectivity index (χ0n) is 17.5. The Morgan fingerprint density at radius 1 is 1.13 bits per heavy atom. The molecule has 1 amide bonds. The lowest BCUT2D eigenvalue weighted by Crippen LogP contribution is -2.49. The smallest absolute Gasteiger partial charge is 0.257 e. The average molecular weight is 416 g/mol. The van der Waals surface area contributed by atoms with Crippen LogP contribution in [0.1, 0.15) is 34.5 Å². The second-order valence-electron chi connectivity index (χ2n) is 7.89. The van der Waals surface area contributed by atoms with E-state index in [9.17, 15) is 4.79 Å². The predicted molar refractivity (Wildman–Crippen MR) is 115 cm³/mol. The Labute approximate surface area is 181 Å². The van der Waals surface area contributed by atoms with Crippen LogP contribution in [0.25, 0.3) is 11.4 Å². The standard InChI is InChI=1S/C24H24N4O3/c1-30-20-16-25-11-7-19(20)23(29)28-12-9-24(10-13-28)21-18(8-14-31-24)15-26-22(27-21)17-5-3-2-4-6-17/h2-7,11,15-16H,8-10,12-14H2,1H3. The average Bonchev–Trinajstić information content (AvgIpc) is 2.85. The molecule has 7 heteroatoms. The molecule has 1 saturated heterocycles. The number of rotatable bonds is 3. The van der Waals surface area contributed by atoms with Crippen LogP contribution in [0, 0.1) is 0 Å². The van der Waals surface area contributed by atoms with Gasteiger partial charge in [-0.2, -0.15) is 0 Å². The van der Waals surface area contributed by atoms with Gasteiger partial charge in [-0.3, -0.25) is 9.78 Å². The molecule has 0 aliphatic carbocycles. The van der Waals surface area contributed by atoms with Crippen molar-refractivity contribution in [2.75, 3.05) is 26.8 Å². The van der Waals surface area contributed by atoms with Crippen LogP contribution in [0.3, 0.4) is 0 Å². The minimum atomic E-state index is -0.473. The number of piperidine rings is 1. The molecule has 5 rings (SSSR count). The maximum Gasteiger partial charge on any atom is 0.257 e. The third kappa shape index (κ3) is 3.55. The first-order chi connectivity index (χ1) is 15.2. The molecule has 2 aliphatic heterocycles. The molecule has 2 aliphatic rings. The number of fused-ring (bicyclic) bond motifs is 2. The van der Waals surface area contributed by atoms with Gasteiger partial charge in [-0.05, 0) is 30.9 Å². The molecule has 3 aromatic rings. The van der Waals surface area contributed by atoms with Crippen LogP contribution in [-0.2, 0) is 16.8 Å². The van der Waals surface area contributed by atoms with Gasteiger partial charge in [0.2, 0.25) is 0 Å². The lowest BCUT2D eigenvalue weighted by molar-refractivity contribution is -0.0967. The third-order valence-electron chi connectivity index (χ3n) is 6.17. The summed E-state index contributed by atoms with van der Waals surface area (Å²) in [5.74, 6) is 1.16. The second kappa shape index (κ2) is 8.07. The number of hydrogen-bond donors (Lipinski definition) is 0. The van der Waals surface area contributed by atoms with Crippen molar-refractivity contribution in [3.63, 3.8) is 0 Å². The van der Waals surface area contributed by atoms with Gasteiger partial charge in [-0.25, -0.2) is 9.97 Å². The highest BCUT2D eigenvalue weighted by atomic mass is 16.5. The first kappa shape index (κ1) is 19.6. The summed E-state index contributed by atoms with van der Waals surface area (Å²) in [6.07, 6.45) is 7.33. The number of nitrogens with zero attached hydrogens (tertiary/aromatic N) is 4. The lowest BCUT2D eigenvalue weighted by atomic mass is 9.83. The van der Waals surface area contributed by atoms with E-state index in [1.54, 1.807) is 25.6 Å². The number of carbonyl (C=O) groups is 1. The zero-order valence-corrected chi connectivity index (χ0v) is 17.5. The number of aromatic nitrogens is 3. The topological polar surface area (TPSA) is 77.4 Å². The van der Waals surface area contributed by atoms with E-state index in [0.29, 0.717) is 49.7 Å². The Bertz CT molecular complexity index is 1090. The fraction of sp³-hybridized carbons (Fsp3) is 0.333. The normalized spacial score (nSPS) is 17.3. The van der Waals surface area contributed by atoms with Crippen molar-refractivity contribution < 1.29 is 14.3 Å². The van der Waals surface area contributed by atoms with Gasteiger partial charge in [-0.1, -0.05) is 30.3 Å². The molecule has 0 bridgehead atoms. The minimum absolute atomic E-state index is 0.0437. The number of methoxy groups -OCH3 is 1. The summed E-state index contributed by atoms with van der Waals surface area (Å²) in [7, 11) is 1.55. The highest BCUT2D eigenvalue weighted by molar-refractivity contribution is 5.96. The van der Waals surface area contributed by atoms with Crippen LogP contribution in [0.4, 0.5) is 0 Å². The van der Waals surface area contributed by atoms with Gasteiger partial charge in [0.1, 0.15) is 11.4 Å². The molecule has 7 nitrogen and oxygen atoms in total. The van der Waals surface area contributed by atoms with E-state index in [4.69, 9.17) is 14.5 Å². The van der Waals surface area contributed by atoms with Gasteiger partial charge in [-0.15, -0.1) is 0 Å². The van der Waals surface area contributed by atoms with Gasteiger partial charge >= 0.3 is 0 Å². The summed E-state index contributed by atoms with van der Waals surface area (Å²) < 4.78 is 11.7. The van der Waals surface area contributed by atoms with Crippen molar-refractivity contribution in [2.24, 2.45) is 0 Å². The summed E-state index contributed by atoms with van der Waals surface area (Å²) >= 11 is 0. The maximum absolute atomic E-state index is 13.1.